The summed E-state index contributed by atoms with van der Waals surface area (Å²) in [5, 5.41) is 4.55. The van der Waals surface area contributed by atoms with Crippen LogP contribution in [0.15, 0.2) is 54.6 Å². The van der Waals surface area contributed by atoms with E-state index in [1.807, 2.05) is 0 Å². The van der Waals surface area contributed by atoms with Crippen LogP contribution in [0.4, 0.5) is 33.7 Å². The van der Waals surface area contributed by atoms with Gasteiger partial charge in [0.25, 0.3) is 0 Å². The molecule has 2 N–H and O–H groups in total. The third-order valence-corrected chi connectivity index (χ3v) is 5.24. The highest BCUT2D eigenvalue weighted by molar-refractivity contribution is 6.00. The Morgan fingerprint density at radius 3 is 2.44 bits per heavy atom. The van der Waals surface area contributed by atoms with Crippen molar-refractivity contribution in [1.29, 1.82) is 0 Å². The quantitative estimate of drug-likeness (QED) is 0.554. The van der Waals surface area contributed by atoms with Gasteiger partial charge in [0.15, 0.2) is 11.4 Å². The van der Waals surface area contributed by atoms with Gasteiger partial charge in [-0.15, -0.1) is 0 Å². The van der Waals surface area contributed by atoms with E-state index in [4.69, 9.17) is 9.47 Å². The van der Waals surface area contributed by atoms with E-state index in [2.05, 4.69) is 10.6 Å². The number of rotatable bonds is 5. The topological polar surface area (TPSA) is 76.7 Å². The van der Waals surface area contributed by atoms with Crippen LogP contribution in [0.1, 0.15) is 24.5 Å². The number of amides is 2. The minimum Gasteiger partial charge on any atom is -0.482 e. The maximum Gasteiger partial charge on any atom is 0.420 e. The number of carbonyl (C=O) groups is 2. The van der Waals surface area contributed by atoms with Gasteiger partial charge in [0.1, 0.15) is 11.6 Å². The molecule has 0 radical (unpaired) electrons. The Labute approximate surface area is 192 Å². The molecule has 0 atom stereocenters. The Hall–Kier alpha value is -3.66. The molecule has 2 aromatic rings. The summed E-state index contributed by atoms with van der Waals surface area (Å²) >= 11 is 0. The van der Waals surface area contributed by atoms with E-state index in [1.54, 1.807) is 25.1 Å². The molecular formula is C24H20F4N2O4. The summed E-state index contributed by atoms with van der Waals surface area (Å²) in [6.45, 7) is 1.97. The van der Waals surface area contributed by atoms with Gasteiger partial charge in [-0.3, -0.25) is 4.79 Å². The molecule has 0 bridgehead atoms. The number of allylic oxidation sites excluding steroid dienone is 4. The molecule has 0 saturated carbocycles. The van der Waals surface area contributed by atoms with Crippen LogP contribution in [0.2, 0.25) is 0 Å². The highest BCUT2D eigenvalue weighted by atomic mass is 19.4. The lowest BCUT2D eigenvalue weighted by Crippen LogP contribution is -2.51. The number of benzene rings is 2. The number of anilines is 2. The van der Waals surface area contributed by atoms with E-state index >= 15 is 0 Å². The fourth-order valence-corrected chi connectivity index (χ4v) is 3.46. The third kappa shape index (κ3) is 5.28. The molecule has 1 heterocycles. The zero-order valence-electron chi connectivity index (χ0n) is 18.0. The molecule has 0 aromatic heterocycles. The normalized spacial score (nSPS) is 17.0. The molecule has 1 aliphatic heterocycles. The molecule has 0 unspecified atom stereocenters. The van der Waals surface area contributed by atoms with Crippen LogP contribution in [0.25, 0.3) is 5.57 Å². The van der Waals surface area contributed by atoms with Crippen LogP contribution in [0, 0.1) is 5.82 Å². The molecule has 4 rings (SSSR count). The molecule has 1 fully saturated rings. The van der Waals surface area contributed by atoms with Crippen LogP contribution >= 0.6 is 0 Å². The largest absolute Gasteiger partial charge is 0.482 e. The molecule has 2 aliphatic rings. The van der Waals surface area contributed by atoms with E-state index in [-0.39, 0.29) is 42.5 Å². The summed E-state index contributed by atoms with van der Waals surface area (Å²) in [6, 6.07) is 6.29. The van der Waals surface area contributed by atoms with Crippen LogP contribution in [-0.4, -0.2) is 30.6 Å². The van der Waals surface area contributed by atoms with Crippen molar-refractivity contribution in [3.05, 3.63) is 71.6 Å². The van der Waals surface area contributed by atoms with Crippen molar-refractivity contribution in [1.82, 2.24) is 0 Å². The second-order valence-corrected chi connectivity index (χ2v) is 8.19. The lowest BCUT2D eigenvalue weighted by Gasteiger charge is -2.38. The molecule has 1 saturated heterocycles. The number of ketones is 1. The van der Waals surface area contributed by atoms with Crippen molar-refractivity contribution in [2.75, 3.05) is 23.8 Å². The number of ether oxygens (including phenoxy) is 2. The molecule has 10 heteroatoms. The second kappa shape index (κ2) is 8.94. The Morgan fingerprint density at radius 1 is 1.09 bits per heavy atom. The Morgan fingerprint density at radius 2 is 1.85 bits per heavy atom. The number of urea groups is 1. The summed E-state index contributed by atoms with van der Waals surface area (Å²) in [7, 11) is 0. The van der Waals surface area contributed by atoms with Crippen molar-refractivity contribution in [2.24, 2.45) is 0 Å². The van der Waals surface area contributed by atoms with Crippen LogP contribution in [0.3, 0.4) is 0 Å². The van der Waals surface area contributed by atoms with Gasteiger partial charge >= 0.3 is 12.2 Å². The van der Waals surface area contributed by atoms with Crippen LogP contribution in [0.5, 0.6) is 5.75 Å². The molecule has 34 heavy (non-hydrogen) atoms. The van der Waals surface area contributed by atoms with Crippen LogP contribution in [-0.2, 0) is 15.7 Å². The predicted octanol–water partition coefficient (Wildman–Crippen LogP) is 5.57. The van der Waals surface area contributed by atoms with Gasteiger partial charge in [-0.2, -0.15) is 13.2 Å². The molecule has 6 nitrogen and oxygen atoms in total. The Bertz CT molecular complexity index is 1200. The lowest BCUT2D eigenvalue weighted by molar-refractivity contribution is -0.160. The number of carbonyl (C=O) groups excluding carboxylic acids is 2. The standard InChI is InChI=1S/C24H20F4N2O4/c1-23(12-33-13-23)34-21-9-5-16(11-18(21)24(26,27)28)29-22(32)30-20-8-4-15(10-19(20)25)14-2-6-17(31)7-3-14/h2-6,8-11H,7,12-13H2,1H3,(H2,29,30,32). The first-order valence-electron chi connectivity index (χ1n) is 10.3. The van der Waals surface area contributed by atoms with Gasteiger partial charge in [0.05, 0.1) is 24.5 Å². The van der Waals surface area contributed by atoms with Gasteiger partial charge in [0, 0.05) is 12.1 Å². The SMILES string of the molecule is CC1(Oc2ccc(NC(=O)Nc3ccc(C4=CCC(=O)C=C4)cc3F)cc2C(F)(F)F)COC1. The first-order chi connectivity index (χ1) is 16.0. The number of nitrogens with one attached hydrogen (secondary N) is 2. The van der Waals surface area contributed by atoms with Gasteiger partial charge in [-0.1, -0.05) is 18.2 Å². The fraction of sp³-hybridized carbons (Fsp3) is 0.250. The zero-order chi connectivity index (χ0) is 24.5. The smallest absolute Gasteiger partial charge is 0.420 e. The average Bonchev–Trinajstić information content (AvgIpc) is 2.75. The Balaban J connectivity index is 1.46. The van der Waals surface area contributed by atoms with E-state index < -0.39 is 29.2 Å². The minimum atomic E-state index is -4.72. The Kier molecular flexibility index (Phi) is 6.18. The van der Waals surface area contributed by atoms with Crippen LogP contribution < -0.4 is 15.4 Å². The number of hydrogen-bond acceptors (Lipinski definition) is 4. The van der Waals surface area contributed by atoms with Crippen molar-refractivity contribution in [2.45, 2.75) is 25.1 Å². The highest BCUT2D eigenvalue weighted by Crippen LogP contribution is 2.40. The van der Waals surface area contributed by atoms with Crippen molar-refractivity contribution in [3.8, 4) is 5.75 Å². The average molecular weight is 476 g/mol. The van der Waals surface area contributed by atoms with E-state index in [0.29, 0.717) is 11.1 Å². The maximum absolute atomic E-state index is 14.5. The molecule has 1 aliphatic carbocycles. The van der Waals surface area contributed by atoms with Crippen molar-refractivity contribution < 1.29 is 36.6 Å². The first kappa shape index (κ1) is 23.5. The summed E-state index contributed by atoms with van der Waals surface area (Å²) in [6.07, 6.45) is 0.135. The van der Waals surface area contributed by atoms with E-state index in [0.717, 1.165) is 12.1 Å². The monoisotopic (exact) mass is 476 g/mol. The predicted molar refractivity (Wildman–Crippen MR) is 117 cm³/mol. The minimum absolute atomic E-state index is 0.0567. The number of hydrogen-bond donors (Lipinski definition) is 2. The molecular weight excluding hydrogens is 456 g/mol. The summed E-state index contributed by atoms with van der Waals surface area (Å²) in [5.41, 5.74) is -1.03. The third-order valence-electron chi connectivity index (χ3n) is 5.24. The van der Waals surface area contributed by atoms with Crippen molar-refractivity contribution >= 4 is 28.8 Å². The molecule has 0 spiro atoms. The number of alkyl halides is 3. The van der Waals surface area contributed by atoms with Gasteiger partial charge in [0.2, 0.25) is 0 Å². The van der Waals surface area contributed by atoms with E-state index in [9.17, 15) is 27.2 Å². The van der Waals surface area contributed by atoms with Gasteiger partial charge in [-0.25, -0.2) is 9.18 Å². The first-order valence-corrected chi connectivity index (χ1v) is 10.3. The summed E-state index contributed by atoms with van der Waals surface area (Å²) in [5.74, 6) is -1.17. The van der Waals surface area contributed by atoms with E-state index in [1.165, 1.54) is 24.3 Å². The summed E-state index contributed by atoms with van der Waals surface area (Å²) < 4.78 is 65.7. The molecule has 2 amide bonds. The van der Waals surface area contributed by atoms with Crippen molar-refractivity contribution in [3.63, 3.8) is 0 Å². The fourth-order valence-electron chi connectivity index (χ4n) is 3.46. The second-order valence-electron chi connectivity index (χ2n) is 8.19. The highest BCUT2D eigenvalue weighted by Gasteiger charge is 2.40. The molecule has 178 valence electrons. The molecule has 2 aromatic carbocycles. The summed E-state index contributed by atoms with van der Waals surface area (Å²) in [4.78, 5) is 23.6. The zero-order valence-corrected chi connectivity index (χ0v) is 18.0. The van der Waals surface area contributed by atoms with Gasteiger partial charge < -0.3 is 20.1 Å². The van der Waals surface area contributed by atoms with Gasteiger partial charge in [-0.05, 0) is 54.5 Å². The maximum atomic E-state index is 14.5. The lowest BCUT2D eigenvalue weighted by atomic mass is 9.99. The number of halogens is 4.